The molecular weight excluding hydrogens is 293 g/mol. The van der Waals surface area contributed by atoms with Crippen molar-refractivity contribution in [3.8, 4) is 0 Å². The molecule has 0 saturated heterocycles. The van der Waals surface area contributed by atoms with Gasteiger partial charge in [-0.3, -0.25) is 4.98 Å². The maximum atomic E-state index is 9.90. The summed E-state index contributed by atoms with van der Waals surface area (Å²) in [6.07, 6.45) is -3.34. The van der Waals surface area contributed by atoms with Gasteiger partial charge in [0.2, 0.25) is 0 Å². The predicted molar refractivity (Wildman–Crippen MR) is 61.4 cm³/mol. The van der Waals surface area contributed by atoms with E-state index in [0.717, 1.165) is 0 Å². The van der Waals surface area contributed by atoms with Crippen LogP contribution in [0.15, 0.2) is 30.6 Å². The van der Waals surface area contributed by atoms with Crippen LogP contribution in [0.5, 0.6) is 0 Å². The van der Waals surface area contributed by atoms with E-state index in [9.17, 15) is 4.79 Å². The van der Waals surface area contributed by atoms with E-state index in [1.165, 1.54) is 0 Å². The number of nitrogens with zero attached hydrogens (tertiary/aromatic N) is 1. The number of aliphatic hydroxyl groups excluding tert-OH is 5. The molecule has 1 rings (SSSR count). The number of hydrogen-bond donors (Lipinski definition) is 5. The summed E-state index contributed by atoms with van der Waals surface area (Å²) in [7, 11) is 0. The topological polar surface area (TPSA) is 131 Å². The number of pyridine rings is 1. The van der Waals surface area contributed by atoms with Crippen LogP contribution in [0.3, 0.4) is 0 Å². The van der Waals surface area contributed by atoms with Crippen molar-refractivity contribution in [2.75, 3.05) is 6.61 Å². The average molecular weight is 310 g/mol. The van der Waals surface area contributed by atoms with Gasteiger partial charge in [-0.15, -0.1) is 0 Å². The zero-order valence-electron chi connectivity index (χ0n) is 10.0. The minimum Gasteiger partial charge on any atom is -0.394 e. The quantitative estimate of drug-likeness (QED) is 0.387. The molecule has 107 valence electrons. The Hall–Kier alpha value is -0.796. The Kier molecular flexibility index (Phi) is 13.2. The van der Waals surface area contributed by atoms with Crippen LogP contribution in [0.4, 0.5) is 0 Å². The van der Waals surface area contributed by atoms with Crippen LogP contribution in [-0.4, -0.2) is 67.8 Å². The molecule has 1 heterocycles. The molecule has 0 aromatic carbocycles. The van der Waals surface area contributed by atoms with Crippen LogP contribution in [0.2, 0.25) is 0 Å². The van der Waals surface area contributed by atoms with Crippen LogP contribution >= 0.6 is 0 Å². The van der Waals surface area contributed by atoms with Gasteiger partial charge in [0.25, 0.3) is 0 Å². The zero-order valence-corrected chi connectivity index (χ0v) is 11.4. The van der Waals surface area contributed by atoms with Gasteiger partial charge in [0.05, 0.1) is 6.61 Å². The summed E-state index contributed by atoms with van der Waals surface area (Å²) in [5.41, 5.74) is 0. The largest absolute Gasteiger partial charge is 0.394 e. The Labute approximate surface area is 122 Å². The minimum absolute atomic E-state index is 0. The fraction of sp³-hybridized carbons (Fsp3) is 0.455. The molecule has 0 aliphatic heterocycles. The van der Waals surface area contributed by atoms with E-state index in [1.54, 1.807) is 12.4 Å². The molecular formula is C11H17NO6V. The van der Waals surface area contributed by atoms with Gasteiger partial charge in [0.15, 0.2) is 6.29 Å². The smallest absolute Gasteiger partial charge is 0.151 e. The number of rotatable bonds is 5. The summed E-state index contributed by atoms with van der Waals surface area (Å²) < 4.78 is 0. The summed E-state index contributed by atoms with van der Waals surface area (Å²) >= 11 is 0. The second kappa shape index (κ2) is 12.2. The van der Waals surface area contributed by atoms with Crippen molar-refractivity contribution in [1.29, 1.82) is 0 Å². The summed E-state index contributed by atoms with van der Waals surface area (Å²) in [6, 6.07) is 5.72. The van der Waals surface area contributed by atoms with E-state index < -0.39 is 31.0 Å². The van der Waals surface area contributed by atoms with Crippen LogP contribution in [0, 0.1) is 0 Å². The first kappa shape index (κ1) is 20.5. The first-order valence-corrected chi connectivity index (χ1v) is 5.18. The van der Waals surface area contributed by atoms with Gasteiger partial charge in [0.1, 0.15) is 24.4 Å². The zero-order chi connectivity index (χ0) is 14.0. The molecule has 0 bridgehead atoms. The molecule has 4 atom stereocenters. The Morgan fingerprint density at radius 1 is 1.00 bits per heavy atom. The van der Waals surface area contributed by atoms with Gasteiger partial charge in [-0.25, -0.2) is 0 Å². The van der Waals surface area contributed by atoms with Crippen molar-refractivity contribution >= 4 is 6.29 Å². The van der Waals surface area contributed by atoms with E-state index in [4.69, 9.17) is 25.5 Å². The average Bonchev–Trinajstić information content (AvgIpc) is 2.46. The Bertz CT molecular complexity index is 289. The van der Waals surface area contributed by atoms with Crippen molar-refractivity contribution in [3.63, 3.8) is 0 Å². The van der Waals surface area contributed by atoms with Crippen molar-refractivity contribution in [2.24, 2.45) is 0 Å². The summed E-state index contributed by atoms with van der Waals surface area (Å²) in [4.78, 5) is 13.7. The summed E-state index contributed by atoms with van der Waals surface area (Å²) in [5, 5.41) is 43.5. The maximum absolute atomic E-state index is 9.90. The number of aldehydes is 1. The third kappa shape index (κ3) is 8.85. The molecule has 5 N–H and O–H groups in total. The normalized spacial score (nSPS) is 15.8. The Morgan fingerprint density at radius 2 is 1.53 bits per heavy atom. The SMILES string of the molecule is O=C[C@H](O)[C@@H](O)[C@H](O)[C@H](O)CO.[V].c1ccncc1. The standard InChI is InChI=1S/C6H12O6.C5H5N.V/c7-1-3(9)5(11)6(12)4(10)2-8;1-2-4-6-5-3-1;/h1,3-6,8-12H,2H2;1-5H;/t3-,4+,5+,6+;;/m0../s1. The molecule has 1 radical (unpaired) electrons. The minimum atomic E-state index is -1.79. The molecule has 0 aliphatic carbocycles. The monoisotopic (exact) mass is 310 g/mol. The van der Waals surface area contributed by atoms with E-state index in [0.29, 0.717) is 0 Å². The third-order valence-electron chi connectivity index (χ3n) is 1.99. The molecule has 0 amide bonds. The van der Waals surface area contributed by atoms with E-state index in [-0.39, 0.29) is 24.8 Å². The summed E-state index contributed by atoms with van der Waals surface area (Å²) in [5.74, 6) is 0. The summed E-state index contributed by atoms with van der Waals surface area (Å²) in [6.45, 7) is -0.760. The van der Waals surface area contributed by atoms with Crippen LogP contribution in [0.25, 0.3) is 0 Å². The van der Waals surface area contributed by atoms with Crippen molar-refractivity contribution in [3.05, 3.63) is 30.6 Å². The van der Waals surface area contributed by atoms with E-state index in [2.05, 4.69) is 4.98 Å². The number of aliphatic hydroxyl groups is 5. The van der Waals surface area contributed by atoms with Crippen molar-refractivity contribution < 1.29 is 48.9 Å². The van der Waals surface area contributed by atoms with Crippen LogP contribution in [0.1, 0.15) is 0 Å². The first-order valence-electron chi connectivity index (χ1n) is 5.18. The molecule has 7 nitrogen and oxygen atoms in total. The van der Waals surface area contributed by atoms with Crippen molar-refractivity contribution in [2.45, 2.75) is 24.4 Å². The predicted octanol–water partition coefficient (Wildman–Crippen LogP) is -2.30. The van der Waals surface area contributed by atoms with E-state index in [1.807, 2.05) is 18.2 Å². The molecule has 0 aliphatic rings. The van der Waals surface area contributed by atoms with Crippen LogP contribution < -0.4 is 0 Å². The third-order valence-corrected chi connectivity index (χ3v) is 1.99. The van der Waals surface area contributed by atoms with Gasteiger partial charge < -0.3 is 30.3 Å². The van der Waals surface area contributed by atoms with Gasteiger partial charge in [-0.05, 0) is 12.1 Å². The molecule has 1 aromatic rings. The number of carbonyl (C=O) groups excluding carboxylic acids is 1. The fourth-order valence-electron chi connectivity index (χ4n) is 0.931. The fourth-order valence-corrected chi connectivity index (χ4v) is 0.931. The maximum Gasteiger partial charge on any atom is 0.151 e. The van der Waals surface area contributed by atoms with Crippen LogP contribution in [-0.2, 0) is 23.4 Å². The van der Waals surface area contributed by atoms with Crippen molar-refractivity contribution in [1.82, 2.24) is 4.98 Å². The molecule has 0 unspecified atom stereocenters. The molecule has 1 aromatic heterocycles. The van der Waals surface area contributed by atoms with Gasteiger partial charge in [-0.2, -0.15) is 0 Å². The molecule has 19 heavy (non-hydrogen) atoms. The molecule has 0 spiro atoms. The second-order valence-electron chi connectivity index (χ2n) is 3.38. The number of hydrogen-bond acceptors (Lipinski definition) is 7. The van der Waals surface area contributed by atoms with Gasteiger partial charge in [-0.1, -0.05) is 6.07 Å². The Balaban J connectivity index is 0. The van der Waals surface area contributed by atoms with E-state index >= 15 is 0 Å². The van der Waals surface area contributed by atoms with Gasteiger partial charge >= 0.3 is 0 Å². The van der Waals surface area contributed by atoms with Gasteiger partial charge in [0, 0.05) is 30.9 Å². The molecule has 0 saturated carbocycles. The molecule has 8 heteroatoms. The molecule has 0 fully saturated rings. The number of aromatic nitrogens is 1. The first-order chi connectivity index (χ1) is 8.54. The second-order valence-corrected chi connectivity index (χ2v) is 3.38. The number of carbonyl (C=O) groups is 1. The Morgan fingerprint density at radius 3 is 1.79 bits per heavy atom.